The van der Waals surface area contributed by atoms with E-state index in [9.17, 15) is 19.3 Å². The van der Waals surface area contributed by atoms with Crippen LogP contribution in [-0.2, 0) is 4.79 Å². The smallest absolute Gasteiger partial charge is 0.306 e. The minimum absolute atomic E-state index is 0.189. The number of rotatable bonds is 6. The molecule has 0 saturated carbocycles. The maximum Gasteiger partial charge on any atom is 0.306 e. The van der Waals surface area contributed by atoms with E-state index >= 15 is 0 Å². The van der Waals surface area contributed by atoms with Crippen LogP contribution in [-0.4, -0.2) is 41.0 Å². The Morgan fingerprint density at radius 3 is 2.73 bits per heavy atom. The van der Waals surface area contributed by atoms with Gasteiger partial charge in [-0.25, -0.2) is 9.97 Å². The molecule has 2 aromatic carbocycles. The van der Waals surface area contributed by atoms with Crippen molar-refractivity contribution < 1.29 is 18.8 Å². The van der Waals surface area contributed by atoms with Gasteiger partial charge in [0, 0.05) is 36.5 Å². The number of hydrogen-bond acceptors (Lipinski definition) is 7. The van der Waals surface area contributed by atoms with E-state index in [0.29, 0.717) is 18.8 Å². The van der Waals surface area contributed by atoms with Crippen LogP contribution in [0.1, 0.15) is 12.8 Å². The van der Waals surface area contributed by atoms with Gasteiger partial charge in [-0.3, -0.25) is 14.9 Å². The van der Waals surface area contributed by atoms with E-state index in [1.807, 2.05) is 35.2 Å². The first-order valence-electron chi connectivity index (χ1n) is 10.4. The molecule has 0 aliphatic carbocycles. The number of nitro benzene ring substituents is 1. The number of ether oxygens (including phenoxy) is 1. The zero-order chi connectivity index (χ0) is 23.4. The number of benzene rings is 2. The van der Waals surface area contributed by atoms with Crippen molar-refractivity contribution >= 4 is 23.1 Å². The van der Waals surface area contributed by atoms with Gasteiger partial charge in [0.15, 0.2) is 0 Å². The summed E-state index contributed by atoms with van der Waals surface area (Å²) < 4.78 is 18.8. The van der Waals surface area contributed by atoms with Gasteiger partial charge >= 0.3 is 5.69 Å². The van der Waals surface area contributed by atoms with Gasteiger partial charge in [-0.15, -0.1) is 0 Å². The number of carbonyl (C=O) groups is 1. The molecule has 1 aliphatic rings. The fourth-order valence-corrected chi connectivity index (χ4v) is 3.81. The Morgan fingerprint density at radius 2 is 2.00 bits per heavy atom. The fourth-order valence-electron chi connectivity index (χ4n) is 3.81. The van der Waals surface area contributed by atoms with E-state index in [-0.39, 0.29) is 17.5 Å². The van der Waals surface area contributed by atoms with E-state index < -0.39 is 16.4 Å². The van der Waals surface area contributed by atoms with Gasteiger partial charge in [-0.2, -0.15) is 4.39 Å². The molecule has 1 saturated heterocycles. The molecule has 4 rings (SSSR count). The molecule has 1 atom stereocenters. The minimum Gasteiger partial charge on any atom is -0.497 e. The molecule has 1 aromatic heterocycles. The number of amides is 1. The van der Waals surface area contributed by atoms with Crippen LogP contribution in [0.4, 0.5) is 21.6 Å². The SMILES string of the molecule is COc1ccc(-c2cc(N3CCCC(C(=O)Nc4ccc(F)c([N+](=O)[O-])c4)C3)ncn2)cc1. The average Bonchev–Trinajstić information content (AvgIpc) is 2.85. The van der Waals surface area contributed by atoms with E-state index in [4.69, 9.17) is 4.74 Å². The maximum atomic E-state index is 13.6. The molecule has 2 heterocycles. The second kappa shape index (κ2) is 9.60. The number of piperidine rings is 1. The molecular weight excluding hydrogens is 429 g/mol. The van der Waals surface area contributed by atoms with E-state index in [0.717, 1.165) is 42.1 Å². The molecule has 1 unspecified atom stereocenters. The van der Waals surface area contributed by atoms with Crippen LogP contribution >= 0.6 is 0 Å². The monoisotopic (exact) mass is 451 g/mol. The Hall–Kier alpha value is -4.08. The van der Waals surface area contributed by atoms with E-state index in [1.54, 1.807) is 7.11 Å². The first-order valence-corrected chi connectivity index (χ1v) is 10.4. The zero-order valence-corrected chi connectivity index (χ0v) is 17.9. The number of halogens is 1. The summed E-state index contributed by atoms with van der Waals surface area (Å²) in [6.07, 6.45) is 2.95. The lowest BCUT2D eigenvalue weighted by Gasteiger charge is -2.33. The Bertz CT molecular complexity index is 1170. The summed E-state index contributed by atoms with van der Waals surface area (Å²) in [7, 11) is 1.61. The second-order valence-electron chi connectivity index (χ2n) is 7.69. The summed E-state index contributed by atoms with van der Waals surface area (Å²) in [5.74, 6) is -0.0966. The molecule has 10 heteroatoms. The largest absolute Gasteiger partial charge is 0.497 e. The standard InChI is InChI=1S/C23H22FN5O4/c1-33-18-7-4-15(5-8-18)20-12-22(26-14-25-20)28-10-2-3-16(13-28)23(30)27-17-6-9-19(24)21(11-17)29(31)32/h4-9,11-12,14,16H,2-3,10,13H2,1H3,(H,27,30). The van der Waals surface area contributed by atoms with Gasteiger partial charge in [-0.1, -0.05) is 0 Å². The predicted octanol–water partition coefficient (Wildman–Crippen LogP) is 4.05. The zero-order valence-electron chi connectivity index (χ0n) is 17.9. The summed E-state index contributed by atoms with van der Waals surface area (Å²) in [5, 5.41) is 13.6. The van der Waals surface area contributed by atoms with Crippen LogP contribution in [0.3, 0.4) is 0 Å². The van der Waals surface area contributed by atoms with Crippen molar-refractivity contribution in [3.8, 4) is 17.0 Å². The molecule has 1 fully saturated rings. The van der Waals surface area contributed by atoms with Crippen LogP contribution in [0.25, 0.3) is 11.3 Å². The van der Waals surface area contributed by atoms with Crippen molar-refractivity contribution in [1.82, 2.24) is 9.97 Å². The fraction of sp³-hybridized carbons (Fsp3) is 0.261. The van der Waals surface area contributed by atoms with Crippen molar-refractivity contribution in [3.05, 3.63) is 70.8 Å². The van der Waals surface area contributed by atoms with Gasteiger partial charge in [0.05, 0.1) is 23.6 Å². The number of aromatic nitrogens is 2. The van der Waals surface area contributed by atoms with E-state index in [1.165, 1.54) is 12.4 Å². The number of hydrogen-bond donors (Lipinski definition) is 1. The molecule has 9 nitrogen and oxygen atoms in total. The van der Waals surface area contributed by atoms with Crippen molar-refractivity contribution in [2.45, 2.75) is 12.8 Å². The van der Waals surface area contributed by atoms with Crippen LogP contribution in [0.5, 0.6) is 5.75 Å². The lowest BCUT2D eigenvalue weighted by molar-refractivity contribution is -0.387. The average molecular weight is 451 g/mol. The molecule has 33 heavy (non-hydrogen) atoms. The van der Waals surface area contributed by atoms with E-state index in [2.05, 4.69) is 15.3 Å². The molecule has 170 valence electrons. The van der Waals surface area contributed by atoms with Gasteiger partial charge in [0.2, 0.25) is 11.7 Å². The number of methoxy groups -OCH3 is 1. The summed E-state index contributed by atoms with van der Waals surface area (Å²) in [5.41, 5.74) is 1.19. The Labute approximate surface area is 189 Å². The normalized spacial score (nSPS) is 15.7. The van der Waals surface area contributed by atoms with Crippen molar-refractivity contribution in [3.63, 3.8) is 0 Å². The second-order valence-corrected chi connectivity index (χ2v) is 7.69. The number of nitro groups is 1. The molecule has 0 radical (unpaired) electrons. The van der Waals surface area contributed by atoms with Crippen molar-refractivity contribution in [2.75, 3.05) is 30.4 Å². The number of anilines is 2. The summed E-state index contributed by atoms with van der Waals surface area (Å²) in [6.45, 7) is 1.18. The molecule has 1 aliphatic heterocycles. The highest BCUT2D eigenvalue weighted by atomic mass is 19.1. The molecule has 0 spiro atoms. The lowest BCUT2D eigenvalue weighted by Crippen LogP contribution is -2.41. The molecule has 1 amide bonds. The van der Waals surface area contributed by atoms with Gasteiger partial charge in [0.1, 0.15) is 17.9 Å². The lowest BCUT2D eigenvalue weighted by atomic mass is 9.97. The first kappa shape index (κ1) is 22.1. The van der Waals surface area contributed by atoms with Gasteiger partial charge in [0.25, 0.3) is 0 Å². The topological polar surface area (TPSA) is 110 Å². The highest BCUT2D eigenvalue weighted by Crippen LogP contribution is 2.27. The predicted molar refractivity (Wildman–Crippen MR) is 121 cm³/mol. The van der Waals surface area contributed by atoms with Crippen LogP contribution in [0.15, 0.2) is 54.9 Å². The number of carbonyl (C=O) groups excluding carboxylic acids is 1. The Balaban J connectivity index is 1.46. The number of nitrogens with zero attached hydrogens (tertiary/aromatic N) is 4. The third-order valence-electron chi connectivity index (χ3n) is 5.56. The quantitative estimate of drug-likeness (QED) is 0.445. The third-order valence-corrected chi connectivity index (χ3v) is 5.56. The molecule has 3 aromatic rings. The van der Waals surface area contributed by atoms with Crippen molar-refractivity contribution in [2.24, 2.45) is 5.92 Å². The summed E-state index contributed by atoms with van der Waals surface area (Å²) in [4.78, 5) is 33.7. The van der Waals surface area contributed by atoms with Crippen molar-refractivity contribution in [1.29, 1.82) is 0 Å². The third kappa shape index (κ3) is 5.05. The number of nitrogens with one attached hydrogen (secondary N) is 1. The van der Waals surface area contributed by atoms with Crippen LogP contribution in [0, 0.1) is 21.8 Å². The highest BCUT2D eigenvalue weighted by Gasteiger charge is 2.27. The minimum atomic E-state index is -0.946. The molecule has 0 bridgehead atoms. The summed E-state index contributed by atoms with van der Waals surface area (Å²) in [6, 6.07) is 12.7. The highest BCUT2D eigenvalue weighted by molar-refractivity contribution is 5.93. The summed E-state index contributed by atoms with van der Waals surface area (Å²) >= 11 is 0. The first-order chi connectivity index (χ1) is 15.9. The molecular formula is C23H22FN5O4. The van der Waals surface area contributed by atoms with Crippen LogP contribution in [0.2, 0.25) is 0 Å². The van der Waals surface area contributed by atoms with Gasteiger partial charge in [-0.05, 0) is 49.2 Å². The van der Waals surface area contributed by atoms with Crippen LogP contribution < -0.4 is 15.0 Å². The Kier molecular flexibility index (Phi) is 6.43. The van der Waals surface area contributed by atoms with Gasteiger partial charge < -0.3 is 15.0 Å². The maximum absolute atomic E-state index is 13.6. The Morgan fingerprint density at radius 1 is 1.21 bits per heavy atom. The molecule has 1 N–H and O–H groups in total.